The number of unbranched alkanes of at least 4 members (excludes halogenated alkanes) is 3. The first kappa shape index (κ1) is 22.2. The minimum Gasteiger partial charge on any atom is -0.378 e. The summed E-state index contributed by atoms with van der Waals surface area (Å²) in [5.74, 6) is -0.578. The molecule has 0 saturated heterocycles. The van der Waals surface area contributed by atoms with Gasteiger partial charge in [-0.3, -0.25) is 9.59 Å². The molecular formula is C24H31N3O2. The number of hydrogen-bond donors (Lipinski definition) is 2. The molecule has 154 valence electrons. The molecule has 2 N–H and O–H groups in total. The Kier molecular flexibility index (Phi) is 8.96. The summed E-state index contributed by atoms with van der Waals surface area (Å²) in [6.45, 7) is 2.75. The molecule has 0 unspecified atom stereocenters. The Morgan fingerprint density at radius 2 is 1.62 bits per heavy atom. The van der Waals surface area contributed by atoms with E-state index in [0.29, 0.717) is 12.1 Å². The van der Waals surface area contributed by atoms with Gasteiger partial charge >= 0.3 is 0 Å². The van der Waals surface area contributed by atoms with Crippen LogP contribution >= 0.6 is 0 Å². The van der Waals surface area contributed by atoms with E-state index in [1.54, 1.807) is 30.3 Å². The SMILES string of the molecule is CCCCCCNC(=O)/C(=C/c1ccc(N(C)C)cc1)NC(=O)c1ccccc1. The van der Waals surface area contributed by atoms with Crippen molar-refractivity contribution in [1.82, 2.24) is 10.6 Å². The highest BCUT2D eigenvalue weighted by Gasteiger charge is 2.14. The van der Waals surface area contributed by atoms with Crippen molar-refractivity contribution in [2.75, 3.05) is 25.5 Å². The Balaban J connectivity index is 2.15. The lowest BCUT2D eigenvalue weighted by molar-refractivity contribution is -0.117. The second kappa shape index (κ2) is 11.7. The summed E-state index contributed by atoms with van der Waals surface area (Å²) < 4.78 is 0. The summed E-state index contributed by atoms with van der Waals surface area (Å²) in [5, 5.41) is 5.69. The second-order valence-corrected chi connectivity index (χ2v) is 7.18. The lowest BCUT2D eigenvalue weighted by atomic mass is 10.1. The van der Waals surface area contributed by atoms with Crippen LogP contribution in [-0.2, 0) is 4.79 Å². The van der Waals surface area contributed by atoms with Gasteiger partial charge < -0.3 is 15.5 Å². The van der Waals surface area contributed by atoms with E-state index in [-0.39, 0.29) is 17.5 Å². The third-order valence-electron chi connectivity index (χ3n) is 4.57. The summed E-state index contributed by atoms with van der Waals surface area (Å²) in [6.07, 6.45) is 6.02. The van der Waals surface area contributed by atoms with Gasteiger partial charge in [0.1, 0.15) is 5.70 Å². The van der Waals surface area contributed by atoms with E-state index < -0.39 is 0 Å². The number of nitrogens with zero attached hydrogens (tertiary/aromatic N) is 1. The molecule has 5 heteroatoms. The zero-order valence-electron chi connectivity index (χ0n) is 17.6. The normalized spacial score (nSPS) is 11.1. The number of amides is 2. The molecule has 0 fully saturated rings. The van der Waals surface area contributed by atoms with Crippen molar-refractivity contribution >= 4 is 23.6 Å². The molecule has 2 aromatic carbocycles. The first-order valence-electron chi connectivity index (χ1n) is 10.1. The molecule has 2 amide bonds. The highest BCUT2D eigenvalue weighted by molar-refractivity contribution is 6.05. The van der Waals surface area contributed by atoms with Crippen LogP contribution in [-0.4, -0.2) is 32.5 Å². The Labute approximate surface area is 173 Å². The van der Waals surface area contributed by atoms with E-state index in [1.807, 2.05) is 49.3 Å². The van der Waals surface area contributed by atoms with Crippen LogP contribution in [0.1, 0.15) is 48.5 Å². The fraction of sp³-hybridized carbons (Fsp3) is 0.333. The molecular weight excluding hydrogens is 362 g/mol. The quantitative estimate of drug-likeness (QED) is 0.469. The molecule has 0 bridgehead atoms. The molecule has 2 rings (SSSR count). The number of anilines is 1. The maximum Gasteiger partial charge on any atom is 0.267 e. The molecule has 0 atom stereocenters. The molecule has 5 nitrogen and oxygen atoms in total. The van der Waals surface area contributed by atoms with Crippen molar-refractivity contribution in [1.29, 1.82) is 0 Å². The van der Waals surface area contributed by atoms with E-state index in [0.717, 1.165) is 36.9 Å². The molecule has 0 spiro atoms. The Hall–Kier alpha value is -3.08. The molecule has 0 radical (unpaired) electrons. The topological polar surface area (TPSA) is 61.4 Å². The minimum absolute atomic E-state index is 0.243. The van der Waals surface area contributed by atoms with Crippen molar-refractivity contribution in [3.63, 3.8) is 0 Å². The van der Waals surface area contributed by atoms with Crippen LogP contribution in [0.15, 0.2) is 60.3 Å². The third-order valence-corrected chi connectivity index (χ3v) is 4.57. The second-order valence-electron chi connectivity index (χ2n) is 7.18. The maximum atomic E-state index is 12.7. The van der Waals surface area contributed by atoms with Crippen LogP contribution in [0.4, 0.5) is 5.69 Å². The van der Waals surface area contributed by atoms with Crippen molar-refractivity contribution < 1.29 is 9.59 Å². The molecule has 0 heterocycles. The van der Waals surface area contributed by atoms with E-state index in [4.69, 9.17) is 0 Å². The van der Waals surface area contributed by atoms with Crippen LogP contribution in [0.25, 0.3) is 6.08 Å². The molecule has 0 aromatic heterocycles. The highest BCUT2D eigenvalue weighted by Crippen LogP contribution is 2.14. The van der Waals surface area contributed by atoms with Gasteiger partial charge in [0.2, 0.25) is 0 Å². The van der Waals surface area contributed by atoms with Crippen molar-refractivity contribution in [3.05, 3.63) is 71.4 Å². The summed E-state index contributed by atoms with van der Waals surface area (Å²) >= 11 is 0. The van der Waals surface area contributed by atoms with Gasteiger partial charge in [0, 0.05) is 31.9 Å². The molecule has 0 aliphatic carbocycles. The van der Waals surface area contributed by atoms with Crippen LogP contribution < -0.4 is 15.5 Å². The lowest BCUT2D eigenvalue weighted by Crippen LogP contribution is -2.35. The average Bonchev–Trinajstić information content (AvgIpc) is 2.74. The summed E-state index contributed by atoms with van der Waals surface area (Å²) in [4.78, 5) is 27.3. The fourth-order valence-corrected chi connectivity index (χ4v) is 2.83. The Morgan fingerprint density at radius 3 is 2.24 bits per heavy atom. The van der Waals surface area contributed by atoms with E-state index in [9.17, 15) is 9.59 Å². The van der Waals surface area contributed by atoms with Gasteiger partial charge in [0.25, 0.3) is 11.8 Å². The highest BCUT2D eigenvalue weighted by atomic mass is 16.2. The van der Waals surface area contributed by atoms with Crippen molar-refractivity contribution in [2.24, 2.45) is 0 Å². The summed E-state index contributed by atoms with van der Waals surface area (Å²) in [7, 11) is 3.95. The first-order valence-corrected chi connectivity index (χ1v) is 10.1. The number of benzene rings is 2. The number of hydrogen-bond acceptors (Lipinski definition) is 3. The van der Waals surface area contributed by atoms with Gasteiger partial charge in [-0.25, -0.2) is 0 Å². The predicted molar refractivity (Wildman–Crippen MR) is 120 cm³/mol. The summed E-state index contributed by atoms with van der Waals surface area (Å²) in [6, 6.07) is 16.7. The largest absolute Gasteiger partial charge is 0.378 e. The molecule has 0 aliphatic heterocycles. The predicted octanol–water partition coefficient (Wildman–Crippen LogP) is 4.22. The third kappa shape index (κ3) is 7.45. The smallest absolute Gasteiger partial charge is 0.267 e. The standard InChI is InChI=1S/C24H31N3O2/c1-4-5-6-10-17-25-24(29)22(26-23(28)20-11-8-7-9-12-20)18-19-13-15-21(16-14-19)27(2)3/h7-9,11-16,18H,4-6,10,17H2,1-3H3,(H,25,29)(H,26,28)/b22-18-. The van der Waals surface area contributed by atoms with Crippen molar-refractivity contribution in [2.45, 2.75) is 32.6 Å². The molecule has 2 aromatic rings. The summed E-state index contributed by atoms with van der Waals surface area (Å²) in [5.41, 5.74) is 2.67. The van der Waals surface area contributed by atoms with Crippen LogP contribution in [0.5, 0.6) is 0 Å². The molecule has 29 heavy (non-hydrogen) atoms. The molecule has 0 saturated carbocycles. The Bertz CT molecular complexity index is 812. The van der Waals surface area contributed by atoms with Gasteiger partial charge in [0.05, 0.1) is 0 Å². The average molecular weight is 394 g/mol. The monoisotopic (exact) mass is 393 g/mol. The van der Waals surface area contributed by atoms with Gasteiger partial charge in [-0.05, 0) is 42.3 Å². The first-order chi connectivity index (χ1) is 14.0. The number of carbonyl (C=O) groups is 2. The van der Waals surface area contributed by atoms with E-state index in [1.165, 1.54) is 0 Å². The lowest BCUT2D eigenvalue weighted by Gasteiger charge is -2.13. The van der Waals surface area contributed by atoms with Gasteiger partial charge in [-0.2, -0.15) is 0 Å². The van der Waals surface area contributed by atoms with Crippen LogP contribution in [0, 0.1) is 0 Å². The zero-order valence-corrected chi connectivity index (χ0v) is 17.6. The van der Waals surface area contributed by atoms with E-state index in [2.05, 4.69) is 17.6 Å². The number of rotatable bonds is 10. The minimum atomic E-state index is -0.303. The number of nitrogens with one attached hydrogen (secondary N) is 2. The van der Waals surface area contributed by atoms with E-state index >= 15 is 0 Å². The number of carbonyl (C=O) groups excluding carboxylic acids is 2. The van der Waals surface area contributed by atoms with Gasteiger partial charge in [-0.15, -0.1) is 0 Å². The van der Waals surface area contributed by atoms with Crippen LogP contribution in [0.2, 0.25) is 0 Å². The van der Waals surface area contributed by atoms with Crippen LogP contribution in [0.3, 0.4) is 0 Å². The van der Waals surface area contributed by atoms with Crippen molar-refractivity contribution in [3.8, 4) is 0 Å². The fourth-order valence-electron chi connectivity index (χ4n) is 2.83. The van der Waals surface area contributed by atoms with Gasteiger partial charge in [0.15, 0.2) is 0 Å². The maximum absolute atomic E-state index is 12.7. The Morgan fingerprint density at radius 1 is 0.931 bits per heavy atom. The molecule has 0 aliphatic rings. The van der Waals surface area contributed by atoms with Gasteiger partial charge in [-0.1, -0.05) is 56.5 Å². The zero-order chi connectivity index (χ0) is 21.1.